The molecule has 0 radical (unpaired) electrons. The van der Waals surface area contributed by atoms with E-state index >= 15 is 0 Å². The Labute approximate surface area is 839 Å². The van der Waals surface area contributed by atoms with Crippen molar-refractivity contribution in [2.45, 2.75) is 0 Å². The van der Waals surface area contributed by atoms with Crippen LogP contribution in [0.3, 0.4) is 0 Å². The van der Waals surface area contributed by atoms with Crippen LogP contribution in [0, 0.1) is 5.82 Å². The number of thiophene rings is 1. The molecule has 14 heteroatoms. The molecule has 0 aliphatic heterocycles. The second kappa shape index (κ2) is 33.9. The van der Waals surface area contributed by atoms with Gasteiger partial charge in [0.25, 0.3) is 0 Å². The summed E-state index contributed by atoms with van der Waals surface area (Å²) < 4.78 is 36.8. The van der Waals surface area contributed by atoms with Crippen molar-refractivity contribution < 1.29 is 13.2 Å². The van der Waals surface area contributed by atoms with Crippen LogP contribution >= 0.6 is 11.3 Å². The lowest BCUT2D eigenvalue weighted by Crippen LogP contribution is -2.74. The molecule has 0 bridgehead atoms. The zero-order chi connectivity index (χ0) is 96.2. The van der Waals surface area contributed by atoms with E-state index in [1.54, 1.807) is 6.07 Å². The highest BCUT2D eigenvalue weighted by atomic mass is 32.1. The number of furan rings is 2. The number of aromatic nitrogens is 9. The molecule has 11 nitrogen and oxygen atoms in total. The molecule has 9 heterocycles. The maximum absolute atomic E-state index is 14.7. The molecular formula is C132H80FN9O2SSi. The van der Waals surface area contributed by atoms with Crippen LogP contribution in [0.15, 0.2) is 494 Å². The van der Waals surface area contributed by atoms with Crippen molar-refractivity contribution in [3.63, 3.8) is 0 Å². The molecule has 682 valence electrons. The van der Waals surface area contributed by atoms with Gasteiger partial charge in [0.1, 0.15) is 28.1 Å². The van der Waals surface area contributed by atoms with Gasteiger partial charge < -0.3 is 13.4 Å². The second-order valence-corrected chi connectivity index (χ2v) is 42.3. The number of rotatable bonds is 11. The fraction of sp³-hybridized carbons (Fsp3) is 0. The van der Waals surface area contributed by atoms with Gasteiger partial charge in [0.15, 0.2) is 13.9 Å². The summed E-state index contributed by atoms with van der Waals surface area (Å²) in [6, 6.07) is 171. The van der Waals surface area contributed by atoms with Crippen molar-refractivity contribution >= 4 is 235 Å². The van der Waals surface area contributed by atoms with Crippen LogP contribution < -0.4 is 20.7 Å². The van der Waals surface area contributed by atoms with E-state index in [0.717, 1.165) is 165 Å². The van der Waals surface area contributed by atoms with E-state index in [2.05, 4.69) is 385 Å². The monoisotopic (exact) mass is 1900 g/mol. The highest BCUT2D eigenvalue weighted by Gasteiger charge is 2.42. The molecule has 0 saturated carbocycles. The van der Waals surface area contributed by atoms with Crippen LogP contribution in [0.2, 0.25) is 0 Å². The molecule has 9 aromatic heterocycles. The summed E-state index contributed by atoms with van der Waals surface area (Å²) in [4.78, 5) is 31.4. The first-order chi connectivity index (χ1) is 72.3. The minimum atomic E-state index is -2.81. The van der Waals surface area contributed by atoms with Gasteiger partial charge in [0.2, 0.25) is 11.9 Å². The molecule has 0 atom stereocenters. The summed E-state index contributed by atoms with van der Waals surface area (Å²) in [6.07, 6.45) is 0. The smallest absolute Gasteiger partial charge is 0.235 e. The van der Waals surface area contributed by atoms with Crippen molar-refractivity contribution in [1.82, 2.24) is 43.6 Å². The maximum atomic E-state index is 14.7. The minimum absolute atomic E-state index is 0.277. The summed E-state index contributed by atoms with van der Waals surface area (Å²) in [6.45, 7) is 0. The molecule has 31 rings (SSSR count). The van der Waals surface area contributed by atoms with E-state index in [0.29, 0.717) is 17.7 Å². The molecule has 0 spiro atoms. The zero-order valence-electron chi connectivity index (χ0n) is 78.3. The fourth-order valence-electron chi connectivity index (χ4n) is 23.0. The normalized spacial score (nSPS) is 12.0. The highest BCUT2D eigenvalue weighted by molar-refractivity contribution is 7.25. The topological polar surface area (TPSA) is 118 Å². The van der Waals surface area contributed by atoms with Crippen LogP contribution in [0.4, 0.5) is 4.39 Å². The Hall–Kier alpha value is -19.0. The number of hydrogen-bond acceptors (Lipinski definition) is 9. The number of para-hydroxylation sites is 8. The van der Waals surface area contributed by atoms with Crippen LogP contribution in [0.5, 0.6) is 0 Å². The first-order valence-corrected chi connectivity index (χ1v) is 51.9. The first kappa shape index (κ1) is 83.9. The van der Waals surface area contributed by atoms with Crippen molar-refractivity contribution in [2.24, 2.45) is 0 Å². The second-order valence-electron chi connectivity index (χ2n) is 37.4. The Morgan fingerprint density at radius 3 is 1.16 bits per heavy atom. The summed E-state index contributed by atoms with van der Waals surface area (Å²) in [5.74, 6) is 1.59. The van der Waals surface area contributed by atoms with Gasteiger partial charge in [-0.1, -0.05) is 352 Å². The van der Waals surface area contributed by atoms with Gasteiger partial charge in [-0.3, -0.25) is 9.13 Å². The van der Waals surface area contributed by atoms with Gasteiger partial charge >= 0.3 is 0 Å². The van der Waals surface area contributed by atoms with Crippen LogP contribution in [0.25, 0.3) is 257 Å². The third-order valence-electron chi connectivity index (χ3n) is 29.4. The number of halogens is 1. The largest absolute Gasteiger partial charge is 0.455 e. The van der Waals surface area contributed by atoms with Crippen molar-refractivity contribution in [3.8, 4) is 62.7 Å². The standard InChI is InChI=1S/C54H35N3SSi.C42H25N3O.C36H20FN3O/c1-4-17-38(18-5-1)59(39-19-6-2-7-20-39,40-21-8-3-9-22-40)41-30-32-48-46(35-41)52-42-23-11-10-16-36(42)28-31-49(52)57(48)54-55-47-26-14-12-25-44(47)53(56-54)37-29-33-51-45(34-37)43-24-13-15-27-50(43)58-51;1-2-11-29-26(10-1)22-25-37-39(29)33-14-4-7-18-36(33)45(37)28-23-20-27(21-24-28)42-43-35-17-6-3-13-32(35)40(44-42)34-16-9-15-31-30-12-5-8-19-38(30)46-41(31)34;37-22-17-19-30-28(20-22)33-23-9-2-1-8-21(23)16-18-31(33)40(30)36-38-29-14-5-3-11-26(29)34(39-36)27-13-7-12-25-24-10-4-6-15-32(24)41-35(25)27/h1-35H;1-25H;1-20H. The van der Waals surface area contributed by atoms with Gasteiger partial charge in [-0.05, 0) is 187 Å². The molecule has 0 amide bonds. The summed E-state index contributed by atoms with van der Waals surface area (Å²) in [5, 5.41) is 29.0. The van der Waals surface area contributed by atoms with Gasteiger partial charge in [-0.25, -0.2) is 34.3 Å². The van der Waals surface area contributed by atoms with Crippen LogP contribution in [0.1, 0.15) is 0 Å². The van der Waals surface area contributed by atoms with Crippen molar-refractivity contribution in [2.75, 3.05) is 0 Å². The quantitative estimate of drug-likeness (QED) is 0.0928. The van der Waals surface area contributed by atoms with Gasteiger partial charge in [-0.15, -0.1) is 11.3 Å². The first-order valence-electron chi connectivity index (χ1n) is 49.1. The Kier molecular flexibility index (Phi) is 19.5. The van der Waals surface area contributed by atoms with E-state index in [4.69, 9.17) is 38.7 Å². The minimum Gasteiger partial charge on any atom is -0.455 e. The van der Waals surface area contributed by atoms with Gasteiger partial charge in [-0.2, -0.15) is 0 Å². The molecule has 0 saturated heterocycles. The fourth-order valence-corrected chi connectivity index (χ4v) is 28.8. The number of nitrogens with zero attached hydrogens (tertiary/aromatic N) is 9. The Bertz CT molecular complexity index is 10700. The van der Waals surface area contributed by atoms with E-state index in [9.17, 15) is 4.39 Å². The molecule has 0 aliphatic carbocycles. The van der Waals surface area contributed by atoms with Crippen LogP contribution in [-0.2, 0) is 0 Å². The van der Waals surface area contributed by atoms with E-state index in [-0.39, 0.29) is 5.82 Å². The Morgan fingerprint density at radius 1 is 0.226 bits per heavy atom. The molecule has 0 N–H and O–H groups in total. The number of fused-ring (bicyclic) bond motifs is 27. The number of hydrogen-bond donors (Lipinski definition) is 0. The lowest BCUT2D eigenvalue weighted by atomic mass is 10.0. The lowest BCUT2D eigenvalue weighted by molar-refractivity contribution is 0.629. The van der Waals surface area contributed by atoms with Crippen molar-refractivity contribution in [3.05, 3.63) is 491 Å². The molecule has 0 aliphatic rings. The zero-order valence-corrected chi connectivity index (χ0v) is 80.1. The Morgan fingerprint density at radius 2 is 0.616 bits per heavy atom. The third kappa shape index (κ3) is 13.4. The average molecular weight is 1900 g/mol. The predicted molar refractivity (Wildman–Crippen MR) is 607 cm³/mol. The SMILES string of the molecule is Fc1ccc2c(c1)c1c3ccccc3ccc1n2-c1nc(-c2cccc3c2oc2ccccc23)c2ccccc2n1.c1ccc([Si](c2ccccc2)(c2ccccc2)c2ccc3c(c2)c2c4ccccc4ccc2n3-c2nc(-c3ccc4sc5ccccc5c4c3)c3ccccc3n2)cc1.c1ccc2c(c1)ccc1c2c2ccccc2n1-c1ccc(-c2nc(-c3cccc4c3oc3ccccc34)c3ccccc3n2)cc1. The molecule has 22 aromatic carbocycles. The predicted octanol–water partition coefficient (Wildman–Crippen LogP) is 32.0. The summed E-state index contributed by atoms with van der Waals surface area (Å²) in [5.41, 5.74) is 19.9. The van der Waals surface area contributed by atoms with Gasteiger partial charge in [0.05, 0.1) is 66.7 Å². The van der Waals surface area contributed by atoms with Crippen molar-refractivity contribution in [1.29, 1.82) is 0 Å². The molecular weight excluding hydrogens is 1820 g/mol. The summed E-state index contributed by atoms with van der Waals surface area (Å²) in [7, 11) is -2.81. The Balaban J connectivity index is 0.000000106. The van der Waals surface area contributed by atoms with Crippen LogP contribution in [-0.4, -0.2) is 51.7 Å². The van der Waals surface area contributed by atoms with Gasteiger partial charge in [0, 0.05) is 118 Å². The highest BCUT2D eigenvalue weighted by Crippen LogP contribution is 2.47. The number of benzene rings is 22. The molecule has 0 fully saturated rings. The van der Waals surface area contributed by atoms with E-state index in [1.807, 2.05) is 113 Å². The maximum Gasteiger partial charge on any atom is 0.235 e. The van der Waals surface area contributed by atoms with E-state index < -0.39 is 8.07 Å². The summed E-state index contributed by atoms with van der Waals surface area (Å²) >= 11 is 1.84. The molecule has 0 unspecified atom stereocenters. The third-order valence-corrected chi connectivity index (χ3v) is 35.4. The molecule has 146 heavy (non-hydrogen) atoms. The van der Waals surface area contributed by atoms with E-state index in [1.165, 1.54) is 101 Å². The lowest BCUT2D eigenvalue weighted by Gasteiger charge is -2.34. The molecule has 31 aromatic rings. The average Bonchev–Trinajstić information content (AvgIpc) is 0.847.